The number of halogens is 2. The molecule has 1 unspecified atom stereocenters. The summed E-state index contributed by atoms with van der Waals surface area (Å²) in [4.78, 5) is 28.2. The van der Waals surface area contributed by atoms with Gasteiger partial charge in [0.05, 0.1) is 0 Å². The molecule has 1 aliphatic rings. The molecular formula is C21H23Cl2N3O2. The summed E-state index contributed by atoms with van der Waals surface area (Å²) in [5.41, 5.74) is 0.304. The first-order chi connectivity index (χ1) is 13.4. The van der Waals surface area contributed by atoms with Crippen molar-refractivity contribution in [3.8, 4) is 0 Å². The van der Waals surface area contributed by atoms with Gasteiger partial charge in [-0.25, -0.2) is 0 Å². The van der Waals surface area contributed by atoms with Crippen molar-refractivity contribution in [2.45, 2.75) is 25.8 Å². The maximum Gasteiger partial charge on any atom is 0.259 e. The van der Waals surface area contributed by atoms with Crippen molar-refractivity contribution < 1.29 is 9.59 Å². The number of nitrogens with one attached hydrogen (secondary N) is 2. The lowest BCUT2D eigenvalue weighted by molar-refractivity contribution is -0.129. The fraction of sp³-hybridized carbons (Fsp3) is 0.333. The highest BCUT2D eigenvalue weighted by atomic mass is 35.5. The van der Waals surface area contributed by atoms with E-state index in [4.69, 9.17) is 23.2 Å². The van der Waals surface area contributed by atoms with Crippen molar-refractivity contribution in [1.29, 1.82) is 0 Å². The minimum Gasteiger partial charge on any atom is -0.334 e. The number of carbonyl (C=O) groups excluding carboxylic acids is 2. The third-order valence-electron chi connectivity index (χ3n) is 5.13. The smallest absolute Gasteiger partial charge is 0.259 e. The van der Waals surface area contributed by atoms with Gasteiger partial charge in [0, 0.05) is 39.8 Å². The molecule has 0 saturated heterocycles. The van der Waals surface area contributed by atoms with Crippen molar-refractivity contribution in [3.63, 3.8) is 0 Å². The van der Waals surface area contributed by atoms with Gasteiger partial charge in [0.25, 0.3) is 5.91 Å². The zero-order valence-electron chi connectivity index (χ0n) is 15.9. The maximum atomic E-state index is 13.2. The molecule has 1 atom stereocenters. The molecule has 7 heteroatoms. The normalized spacial score (nSPS) is 18.1. The van der Waals surface area contributed by atoms with Gasteiger partial charge in [-0.1, -0.05) is 55.2 Å². The van der Waals surface area contributed by atoms with Crippen LogP contribution in [0.25, 0.3) is 0 Å². The van der Waals surface area contributed by atoms with E-state index in [9.17, 15) is 9.59 Å². The van der Waals surface area contributed by atoms with E-state index in [0.29, 0.717) is 33.4 Å². The summed E-state index contributed by atoms with van der Waals surface area (Å²) < 4.78 is 0. The number of anilines is 1. The van der Waals surface area contributed by atoms with E-state index in [2.05, 4.69) is 29.4 Å². The van der Waals surface area contributed by atoms with Crippen molar-refractivity contribution in [1.82, 2.24) is 10.2 Å². The first-order valence-corrected chi connectivity index (χ1v) is 10.1. The Balaban J connectivity index is 2.03. The summed E-state index contributed by atoms with van der Waals surface area (Å²) in [5.74, 6) is -0.580. The number of amides is 2. The quantitative estimate of drug-likeness (QED) is 0.711. The van der Waals surface area contributed by atoms with Crippen LogP contribution < -0.4 is 10.6 Å². The third kappa shape index (κ3) is 3.75. The fourth-order valence-electron chi connectivity index (χ4n) is 3.57. The van der Waals surface area contributed by atoms with Gasteiger partial charge in [0.1, 0.15) is 0 Å². The molecule has 2 aromatic carbocycles. The number of rotatable bonds is 7. The van der Waals surface area contributed by atoms with Crippen LogP contribution in [0.5, 0.6) is 0 Å². The summed E-state index contributed by atoms with van der Waals surface area (Å²) in [6, 6.07) is 12.2. The predicted octanol–water partition coefficient (Wildman–Crippen LogP) is 4.04. The molecule has 0 aliphatic carbocycles. The first kappa shape index (κ1) is 20.6. The molecule has 148 valence electrons. The molecule has 5 nitrogen and oxygen atoms in total. The van der Waals surface area contributed by atoms with E-state index in [1.165, 1.54) is 0 Å². The van der Waals surface area contributed by atoms with Crippen LogP contribution in [0.15, 0.2) is 42.5 Å². The average Bonchev–Trinajstić information content (AvgIpc) is 2.95. The number of hydrogen-bond acceptors (Lipinski definition) is 3. The molecule has 1 aliphatic heterocycles. The van der Waals surface area contributed by atoms with Crippen molar-refractivity contribution in [2.24, 2.45) is 0 Å². The Morgan fingerprint density at radius 3 is 2.50 bits per heavy atom. The lowest BCUT2D eigenvalue weighted by Crippen LogP contribution is -2.52. The zero-order chi connectivity index (χ0) is 20.3. The maximum absolute atomic E-state index is 13.2. The zero-order valence-corrected chi connectivity index (χ0v) is 17.4. The Morgan fingerprint density at radius 1 is 1.11 bits per heavy atom. The minimum absolute atomic E-state index is 0.227. The molecule has 3 rings (SSSR count). The van der Waals surface area contributed by atoms with Crippen LogP contribution in [0.4, 0.5) is 5.69 Å². The molecule has 0 fully saturated rings. The molecule has 2 amide bonds. The van der Waals surface area contributed by atoms with Crippen LogP contribution >= 0.6 is 23.2 Å². The van der Waals surface area contributed by atoms with E-state index in [0.717, 1.165) is 13.1 Å². The Bertz CT molecular complexity index is 899. The van der Waals surface area contributed by atoms with Crippen molar-refractivity contribution >= 4 is 40.7 Å². The van der Waals surface area contributed by atoms with Gasteiger partial charge >= 0.3 is 0 Å². The standard InChI is InChI=1S/C21H23Cl2N3O2/c1-3-26(4-2)12-11-19(27)25-21(15-7-5-6-8-17(15)23)16-13-14(22)9-10-18(16)24-20(21)28/h5-10,13H,3-4,11-12H2,1-2H3,(H,24,28)(H,25,27). The van der Waals surface area contributed by atoms with Crippen LogP contribution in [0.3, 0.4) is 0 Å². The van der Waals surface area contributed by atoms with Crippen LogP contribution in [0.2, 0.25) is 10.0 Å². The highest BCUT2D eigenvalue weighted by molar-refractivity contribution is 6.32. The highest BCUT2D eigenvalue weighted by Gasteiger charge is 2.50. The van der Waals surface area contributed by atoms with Gasteiger partial charge in [0.2, 0.25) is 5.91 Å². The molecule has 0 bridgehead atoms. The molecule has 28 heavy (non-hydrogen) atoms. The Labute approximate surface area is 175 Å². The summed E-state index contributed by atoms with van der Waals surface area (Å²) in [5, 5.41) is 6.69. The molecule has 1 heterocycles. The number of benzene rings is 2. The van der Waals surface area contributed by atoms with Crippen LogP contribution in [-0.4, -0.2) is 36.3 Å². The van der Waals surface area contributed by atoms with Crippen molar-refractivity contribution in [2.75, 3.05) is 25.0 Å². The topological polar surface area (TPSA) is 61.4 Å². The van der Waals surface area contributed by atoms with Crippen LogP contribution in [0, 0.1) is 0 Å². The summed E-state index contributed by atoms with van der Waals surface area (Å²) in [7, 11) is 0. The molecule has 2 N–H and O–H groups in total. The highest BCUT2D eigenvalue weighted by Crippen LogP contribution is 2.44. The largest absolute Gasteiger partial charge is 0.334 e. The van der Waals surface area contributed by atoms with E-state index in [1.807, 2.05) is 0 Å². The number of carbonyl (C=O) groups is 2. The summed E-state index contributed by atoms with van der Waals surface area (Å²) >= 11 is 12.7. The Kier molecular flexibility index (Phi) is 6.28. The Hall–Kier alpha value is -2.08. The van der Waals surface area contributed by atoms with E-state index >= 15 is 0 Å². The predicted molar refractivity (Wildman–Crippen MR) is 113 cm³/mol. The van der Waals surface area contributed by atoms with Gasteiger partial charge < -0.3 is 15.5 Å². The molecule has 0 aromatic heterocycles. The van der Waals surface area contributed by atoms with Gasteiger partial charge in [-0.3, -0.25) is 9.59 Å². The lowest BCUT2D eigenvalue weighted by Gasteiger charge is -2.31. The Morgan fingerprint density at radius 2 is 1.82 bits per heavy atom. The van der Waals surface area contributed by atoms with Gasteiger partial charge in [-0.05, 0) is 37.4 Å². The number of nitrogens with zero attached hydrogens (tertiary/aromatic N) is 1. The van der Waals surface area contributed by atoms with Crippen molar-refractivity contribution in [3.05, 3.63) is 63.6 Å². The monoisotopic (exact) mass is 419 g/mol. The second-order valence-electron chi connectivity index (χ2n) is 6.70. The first-order valence-electron chi connectivity index (χ1n) is 9.32. The molecule has 0 radical (unpaired) electrons. The summed E-state index contributed by atoms with van der Waals surface area (Å²) in [6.07, 6.45) is 0.275. The third-order valence-corrected chi connectivity index (χ3v) is 5.69. The fourth-order valence-corrected chi connectivity index (χ4v) is 4.02. The van der Waals surface area contributed by atoms with Gasteiger partial charge in [-0.15, -0.1) is 0 Å². The summed E-state index contributed by atoms with van der Waals surface area (Å²) in [6.45, 7) is 6.43. The van der Waals surface area contributed by atoms with E-state index in [1.54, 1.807) is 42.5 Å². The molecular weight excluding hydrogens is 397 g/mol. The van der Waals surface area contributed by atoms with Gasteiger partial charge in [0.15, 0.2) is 5.54 Å². The van der Waals surface area contributed by atoms with Gasteiger partial charge in [-0.2, -0.15) is 0 Å². The second-order valence-corrected chi connectivity index (χ2v) is 7.54. The lowest BCUT2D eigenvalue weighted by atomic mass is 9.83. The van der Waals surface area contributed by atoms with E-state index < -0.39 is 5.54 Å². The van der Waals surface area contributed by atoms with Crippen LogP contribution in [0.1, 0.15) is 31.4 Å². The minimum atomic E-state index is -1.42. The SMILES string of the molecule is CCN(CC)CCC(=O)NC1(c2ccccc2Cl)C(=O)Nc2ccc(Cl)cc21. The second kappa shape index (κ2) is 8.52. The molecule has 0 spiro atoms. The average molecular weight is 420 g/mol. The van der Waals surface area contributed by atoms with Crippen LogP contribution in [-0.2, 0) is 15.1 Å². The number of hydrogen-bond donors (Lipinski definition) is 2. The van der Waals surface area contributed by atoms with E-state index in [-0.39, 0.29) is 18.2 Å². The number of fused-ring (bicyclic) bond motifs is 1. The molecule has 2 aromatic rings. The molecule has 0 saturated carbocycles.